The van der Waals surface area contributed by atoms with Crippen LogP contribution < -0.4 is 16.4 Å². The van der Waals surface area contributed by atoms with Gasteiger partial charge in [0.05, 0.1) is 5.56 Å². The molecule has 184 valence electrons. The van der Waals surface area contributed by atoms with Gasteiger partial charge in [-0.2, -0.15) is 0 Å². The van der Waals surface area contributed by atoms with Crippen LogP contribution in [-0.2, 0) is 12.8 Å². The quantitative estimate of drug-likeness (QED) is 0.342. The van der Waals surface area contributed by atoms with E-state index in [9.17, 15) is 9.59 Å². The number of primary amides is 1. The van der Waals surface area contributed by atoms with Crippen molar-refractivity contribution in [3.8, 4) is 11.3 Å². The van der Waals surface area contributed by atoms with Crippen molar-refractivity contribution < 1.29 is 14.0 Å². The third-order valence-electron chi connectivity index (χ3n) is 6.48. The minimum atomic E-state index is -0.499. The summed E-state index contributed by atoms with van der Waals surface area (Å²) in [7, 11) is 0. The van der Waals surface area contributed by atoms with Gasteiger partial charge in [-0.1, -0.05) is 44.5 Å². The highest BCUT2D eigenvalue weighted by molar-refractivity contribution is 7.80. The molecule has 0 bridgehead atoms. The first-order chi connectivity index (χ1) is 16.4. The highest BCUT2D eigenvalue weighted by atomic mass is 35.5. The summed E-state index contributed by atoms with van der Waals surface area (Å²) < 4.78 is 5.72. The molecule has 4 N–H and O–H groups in total. The number of rotatable bonds is 4. The van der Waals surface area contributed by atoms with Crippen LogP contribution in [0.1, 0.15) is 64.1 Å². The van der Waals surface area contributed by atoms with Crippen LogP contribution in [0.15, 0.2) is 34.7 Å². The fourth-order valence-electron chi connectivity index (χ4n) is 4.33. The number of nitrogens with one attached hydrogen (secondary N) is 2. The zero-order chi connectivity index (χ0) is 25.5. The number of thiophene rings is 1. The summed E-state index contributed by atoms with van der Waals surface area (Å²) in [4.78, 5) is 26.2. The first-order valence-corrected chi connectivity index (χ1v) is 13.0. The molecule has 2 amide bonds. The largest absolute Gasteiger partial charge is 0.451 e. The van der Waals surface area contributed by atoms with Crippen molar-refractivity contribution in [1.29, 1.82) is 0 Å². The number of amides is 2. The fraction of sp³-hybridized carbons (Fsp3) is 0.346. The summed E-state index contributed by atoms with van der Waals surface area (Å²) in [6.07, 6.45) is 2.69. The standard InChI is InChI=1S/C26H28ClN3O3S2/c1-13-5-6-14(11-17(13)27)18-9-10-19(33-18)23(32)29-25(34)30-24-21(22(28)31)16-8-7-15(26(2,3)4)12-20(16)35-24/h5-6,9-11,15H,7-8,12H2,1-4H3,(H2,28,31)(H2,29,30,32,34)/t15-/m1/s1. The predicted molar refractivity (Wildman–Crippen MR) is 145 cm³/mol. The average Bonchev–Trinajstić information content (AvgIpc) is 3.39. The maximum Gasteiger partial charge on any atom is 0.293 e. The fourth-order valence-corrected chi connectivity index (χ4v) is 6.11. The summed E-state index contributed by atoms with van der Waals surface area (Å²) >= 11 is 13.0. The Morgan fingerprint density at radius 1 is 1.23 bits per heavy atom. The molecule has 4 rings (SSSR count). The topological polar surface area (TPSA) is 97.4 Å². The van der Waals surface area contributed by atoms with Gasteiger partial charge in [-0.05, 0) is 79.1 Å². The second kappa shape index (κ2) is 9.76. The second-order valence-corrected chi connectivity index (χ2v) is 11.8. The molecule has 9 heteroatoms. The van der Waals surface area contributed by atoms with E-state index >= 15 is 0 Å². The van der Waals surface area contributed by atoms with Crippen LogP contribution in [0.25, 0.3) is 11.3 Å². The van der Waals surface area contributed by atoms with Gasteiger partial charge in [0, 0.05) is 15.5 Å². The van der Waals surface area contributed by atoms with E-state index in [0.29, 0.717) is 27.3 Å². The number of thiocarbonyl (C=S) groups is 1. The van der Waals surface area contributed by atoms with E-state index < -0.39 is 11.8 Å². The van der Waals surface area contributed by atoms with E-state index in [4.69, 9.17) is 34.0 Å². The van der Waals surface area contributed by atoms with Crippen LogP contribution in [-0.4, -0.2) is 16.9 Å². The lowest BCUT2D eigenvalue weighted by Crippen LogP contribution is -2.34. The first kappa shape index (κ1) is 25.4. The van der Waals surface area contributed by atoms with Crippen molar-refractivity contribution in [2.45, 2.75) is 47.0 Å². The van der Waals surface area contributed by atoms with Gasteiger partial charge in [-0.15, -0.1) is 11.3 Å². The number of hydrogen-bond acceptors (Lipinski definition) is 5. The van der Waals surface area contributed by atoms with E-state index in [1.807, 2.05) is 19.1 Å². The zero-order valence-corrected chi connectivity index (χ0v) is 22.5. The Balaban J connectivity index is 1.48. The molecule has 0 fully saturated rings. The summed E-state index contributed by atoms with van der Waals surface area (Å²) in [5, 5.41) is 6.89. The molecule has 1 aliphatic rings. The van der Waals surface area contributed by atoms with Gasteiger partial charge in [0.1, 0.15) is 10.8 Å². The Labute approximate surface area is 219 Å². The molecule has 2 heterocycles. The van der Waals surface area contributed by atoms with E-state index in [0.717, 1.165) is 40.8 Å². The number of nitrogens with two attached hydrogens (primary N) is 1. The van der Waals surface area contributed by atoms with E-state index in [1.165, 1.54) is 11.3 Å². The number of carbonyl (C=O) groups excluding carboxylic acids is 2. The van der Waals surface area contributed by atoms with Gasteiger partial charge in [0.25, 0.3) is 11.8 Å². The molecule has 1 aromatic carbocycles. The lowest BCUT2D eigenvalue weighted by molar-refractivity contribution is 0.0950. The van der Waals surface area contributed by atoms with Crippen LogP contribution in [0.2, 0.25) is 5.02 Å². The number of halogens is 1. The maximum absolute atomic E-state index is 12.7. The van der Waals surface area contributed by atoms with Crippen molar-refractivity contribution in [2.75, 3.05) is 5.32 Å². The van der Waals surface area contributed by atoms with Gasteiger partial charge in [0.15, 0.2) is 10.9 Å². The molecular formula is C26H28ClN3O3S2. The Morgan fingerprint density at radius 3 is 2.63 bits per heavy atom. The van der Waals surface area contributed by atoms with Crippen LogP contribution in [0.4, 0.5) is 5.00 Å². The SMILES string of the molecule is Cc1ccc(-c2ccc(C(=O)NC(=S)Nc3sc4c(c3C(N)=O)CC[C@@H](C(C)(C)C)C4)o2)cc1Cl. The Morgan fingerprint density at radius 2 is 1.97 bits per heavy atom. The van der Waals surface area contributed by atoms with E-state index in [1.54, 1.807) is 18.2 Å². The van der Waals surface area contributed by atoms with Crippen LogP contribution >= 0.6 is 35.2 Å². The number of benzene rings is 1. The monoisotopic (exact) mass is 529 g/mol. The molecule has 0 saturated carbocycles. The molecule has 0 spiro atoms. The predicted octanol–water partition coefficient (Wildman–Crippen LogP) is 6.35. The lowest BCUT2D eigenvalue weighted by Gasteiger charge is -2.33. The minimum Gasteiger partial charge on any atom is -0.451 e. The molecule has 2 aromatic heterocycles. The zero-order valence-electron chi connectivity index (χ0n) is 20.1. The highest BCUT2D eigenvalue weighted by Gasteiger charge is 2.33. The number of fused-ring (bicyclic) bond motifs is 1. The first-order valence-electron chi connectivity index (χ1n) is 11.4. The van der Waals surface area contributed by atoms with Crippen LogP contribution in [0.3, 0.4) is 0 Å². The highest BCUT2D eigenvalue weighted by Crippen LogP contribution is 2.44. The normalized spacial score (nSPS) is 15.4. The van der Waals surface area contributed by atoms with Crippen molar-refractivity contribution in [1.82, 2.24) is 5.32 Å². The number of carbonyl (C=O) groups is 2. The van der Waals surface area contributed by atoms with Gasteiger partial charge in [0.2, 0.25) is 0 Å². The third-order valence-corrected chi connectivity index (χ3v) is 8.26. The molecule has 0 aliphatic heterocycles. The Hall–Kier alpha value is -2.68. The maximum atomic E-state index is 12.7. The van der Waals surface area contributed by atoms with E-state index in [-0.39, 0.29) is 16.3 Å². The second-order valence-electron chi connectivity index (χ2n) is 9.91. The van der Waals surface area contributed by atoms with Gasteiger partial charge >= 0.3 is 0 Å². The van der Waals surface area contributed by atoms with Crippen LogP contribution in [0.5, 0.6) is 0 Å². The molecule has 1 aliphatic carbocycles. The molecule has 0 saturated heterocycles. The molecule has 6 nitrogen and oxygen atoms in total. The average molecular weight is 530 g/mol. The Kier molecular flexibility index (Phi) is 7.09. The number of anilines is 1. The summed E-state index contributed by atoms with van der Waals surface area (Å²) in [6, 6.07) is 8.84. The minimum absolute atomic E-state index is 0.0693. The van der Waals surface area contributed by atoms with Gasteiger partial charge in [-0.3, -0.25) is 14.9 Å². The van der Waals surface area contributed by atoms with E-state index in [2.05, 4.69) is 31.4 Å². The van der Waals surface area contributed by atoms with Crippen molar-refractivity contribution in [3.63, 3.8) is 0 Å². The lowest BCUT2D eigenvalue weighted by atomic mass is 9.72. The molecule has 0 radical (unpaired) electrons. The number of furan rings is 1. The molecule has 0 unspecified atom stereocenters. The summed E-state index contributed by atoms with van der Waals surface area (Å²) in [6.45, 7) is 8.63. The molecule has 1 atom stereocenters. The smallest absolute Gasteiger partial charge is 0.293 e. The third kappa shape index (κ3) is 5.44. The van der Waals surface area contributed by atoms with Gasteiger partial charge in [-0.25, -0.2) is 0 Å². The summed E-state index contributed by atoms with van der Waals surface area (Å²) in [5.41, 5.74) is 9.08. The molecular weight excluding hydrogens is 502 g/mol. The van der Waals surface area contributed by atoms with Crippen molar-refractivity contribution in [3.05, 3.63) is 62.7 Å². The number of hydrogen-bond donors (Lipinski definition) is 3. The Bertz CT molecular complexity index is 1320. The number of aryl methyl sites for hydroxylation is 1. The van der Waals surface area contributed by atoms with Crippen LogP contribution in [0, 0.1) is 18.3 Å². The van der Waals surface area contributed by atoms with Crippen molar-refractivity contribution >= 4 is 57.1 Å². The van der Waals surface area contributed by atoms with Gasteiger partial charge < -0.3 is 15.5 Å². The molecule has 3 aromatic rings. The summed E-state index contributed by atoms with van der Waals surface area (Å²) in [5.74, 6) is 0.147. The van der Waals surface area contributed by atoms with Crippen molar-refractivity contribution in [2.24, 2.45) is 17.1 Å². The molecule has 35 heavy (non-hydrogen) atoms.